The topological polar surface area (TPSA) is 171 Å². The third kappa shape index (κ3) is 9.40. The quantitative estimate of drug-likeness (QED) is 0.158. The fourth-order valence-corrected chi connectivity index (χ4v) is 5.92. The number of rotatable bonds is 10. The van der Waals surface area contributed by atoms with Crippen LogP contribution >= 0.6 is 0 Å². The number of carbonyl (C=O) groups excluding carboxylic acids is 3. The van der Waals surface area contributed by atoms with Gasteiger partial charge in [-0.1, -0.05) is 24.3 Å². The van der Waals surface area contributed by atoms with Gasteiger partial charge in [-0.25, -0.2) is 14.7 Å². The molecule has 0 unspecified atom stereocenters. The summed E-state index contributed by atoms with van der Waals surface area (Å²) in [7, 11) is 0. The first-order chi connectivity index (χ1) is 22.9. The van der Waals surface area contributed by atoms with E-state index in [1.54, 1.807) is 30.5 Å². The molecule has 0 saturated heterocycles. The maximum absolute atomic E-state index is 13.8. The van der Waals surface area contributed by atoms with E-state index in [1.807, 2.05) is 64.2 Å². The van der Waals surface area contributed by atoms with Crippen LogP contribution in [0.1, 0.15) is 57.6 Å². The lowest BCUT2D eigenvalue weighted by Crippen LogP contribution is -2.48. The summed E-state index contributed by atoms with van der Waals surface area (Å²) in [5, 5.41) is 15.1. The van der Waals surface area contributed by atoms with Crippen LogP contribution in [0, 0.1) is 18.8 Å². The molecule has 48 heavy (non-hydrogen) atoms. The van der Waals surface area contributed by atoms with Crippen molar-refractivity contribution in [1.82, 2.24) is 30.8 Å². The van der Waals surface area contributed by atoms with Crippen molar-refractivity contribution >= 4 is 23.6 Å². The molecule has 2 aromatic carbocycles. The van der Waals surface area contributed by atoms with Crippen LogP contribution in [-0.4, -0.2) is 56.3 Å². The minimum atomic E-state index is -0.833. The second-order valence-corrected chi connectivity index (χ2v) is 13.3. The second kappa shape index (κ2) is 15.1. The molecule has 1 fully saturated rings. The lowest BCUT2D eigenvalue weighted by molar-refractivity contribution is -0.130. The number of benzene rings is 2. The normalized spacial score (nSPS) is 16.8. The van der Waals surface area contributed by atoms with Crippen molar-refractivity contribution in [3.8, 4) is 22.5 Å². The number of carbonyl (C=O) groups is 3. The van der Waals surface area contributed by atoms with Crippen molar-refractivity contribution in [2.45, 2.75) is 71.4 Å². The molecule has 12 nitrogen and oxygen atoms in total. The van der Waals surface area contributed by atoms with Crippen molar-refractivity contribution < 1.29 is 19.1 Å². The van der Waals surface area contributed by atoms with Crippen LogP contribution < -0.4 is 21.6 Å². The Morgan fingerprint density at radius 2 is 1.75 bits per heavy atom. The molecule has 3 amide bonds. The summed E-state index contributed by atoms with van der Waals surface area (Å²) in [5.74, 6) is -0.0955. The number of pyridine rings is 1. The minimum absolute atomic E-state index is 0.160. The molecule has 0 bridgehead atoms. The number of aromatic nitrogens is 4. The van der Waals surface area contributed by atoms with Crippen molar-refractivity contribution in [3.63, 3.8) is 0 Å². The number of hydrogen-bond acceptors (Lipinski definition) is 7. The molecule has 5 rings (SSSR count). The molecule has 1 aliphatic carbocycles. The molecule has 0 spiro atoms. The average molecular weight is 654 g/mol. The van der Waals surface area contributed by atoms with Gasteiger partial charge in [-0.05, 0) is 112 Å². The van der Waals surface area contributed by atoms with Crippen LogP contribution in [0.4, 0.5) is 10.5 Å². The van der Waals surface area contributed by atoms with E-state index < -0.39 is 23.4 Å². The highest BCUT2D eigenvalue weighted by molar-refractivity contribution is 5.97. The summed E-state index contributed by atoms with van der Waals surface area (Å²) in [6, 6.07) is 16.0. The van der Waals surface area contributed by atoms with Gasteiger partial charge in [0.25, 0.3) is 0 Å². The van der Waals surface area contributed by atoms with Crippen LogP contribution in [0.25, 0.3) is 22.5 Å². The highest BCUT2D eigenvalue weighted by Crippen LogP contribution is 2.29. The van der Waals surface area contributed by atoms with Crippen molar-refractivity contribution in [1.29, 1.82) is 0 Å². The van der Waals surface area contributed by atoms with E-state index in [9.17, 15) is 19.2 Å². The molecule has 1 atom stereocenters. The molecular weight excluding hydrogens is 610 g/mol. The number of anilines is 1. The van der Waals surface area contributed by atoms with Crippen molar-refractivity contribution in [3.05, 3.63) is 88.6 Å². The van der Waals surface area contributed by atoms with Crippen LogP contribution in [-0.2, 0) is 20.7 Å². The van der Waals surface area contributed by atoms with Gasteiger partial charge < -0.3 is 20.7 Å². The van der Waals surface area contributed by atoms with E-state index in [0.717, 1.165) is 35.1 Å². The summed E-state index contributed by atoms with van der Waals surface area (Å²) >= 11 is 0. The second-order valence-electron chi connectivity index (χ2n) is 13.3. The van der Waals surface area contributed by atoms with Crippen molar-refractivity contribution in [2.24, 2.45) is 11.8 Å². The Bertz CT molecular complexity index is 1780. The van der Waals surface area contributed by atoms with Crippen LogP contribution in [0.3, 0.4) is 0 Å². The predicted octanol–water partition coefficient (Wildman–Crippen LogP) is 5.13. The molecule has 1 aliphatic rings. The Morgan fingerprint density at radius 3 is 2.42 bits per heavy atom. The first kappa shape index (κ1) is 34.1. The standard InChI is InChI=1S/C36H43N7O5/c1-22-20-37-17-16-29(22)27-7-5-6-24(18-27)19-30(33(45)39-28-14-12-25(13-15-28)31-41-34(46)43-42-31)40-32(44)26-10-8-23(9-11-26)21-38-35(47)48-36(2,3)4/h5-7,12-18,20,23,26,30H,8-11,19,21H2,1-4H3,(H,38,47)(H,39,45)(H,40,44)(H2,41,42,43,46)/t23?,26?,30-/m0/s1. The zero-order valence-electron chi connectivity index (χ0n) is 27.8. The lowest BCUT2D eigenvalue weighted by Gasteiger charge is -2.29. The van der Waals surface area contributed by atoms with Gasteiger partial charge in [0.1, 0.15) is 11.6 Å². The number of hydrogen-bond donors (Lipinski definition) is 5. The highest BCUT2D eigenvalue weighted by atomic mass is 16.6. The Hall–Kier alpha value is -5.26. The largest absolute Gasteiger partial charge is 0.444 e. The van der Waals surface area contributed by atoms with Crippen LogP contribution in [0.2, 0.25) is 0 Å². The third-order valence-electron chi connectivity index (χ3n) is 8.41. The number of ether oxygens (including phenoxy) is 1. The van der Waals surface area contributed by atoms with Crippen molar-refractivity contribution in [2.75, 3.05) is 11.9 Å². The minimum Gasteiger partial charge on any atom is -0.444 e. The van der Waals surface area contributed by atoms with Gasteiger partial charge in [-0.15, -0.1) is 0 Å². The maximum atomic E-state index is 13.8. The molecule has 1 saturated carbocycles. The Labute approximate surface area is 279 Å². The van der Waals surface area contributed by atoms with E-state index in [-0.39, 0.29) is 30.1 Å². The maximum Gasteiger partial charge on any atom is 0.407 e. The number of amides is 3. The summed E-state index contributed by atoms with van der Waals surface area (Å²) in [6.07, 6.45) is 6.31. The highest BCUT2D eigenvalue weighted by Gasteiger charge is 2.30. The third-order valence-corrected chi connectivity index (χ3v) is 8.41. The Balaban J connectivity index is 1.26. The number of alkyl carbamates (subject to hydrolysis) is 1. The number of nitrogens with zero attached hydrogens (tertiary/aromatic N) is 2. The van der Waals surface area contributed by atoms with Crippen LogP contribution in [0.5, 0.6) is 0 Å². The smallest absolute Gasteiger partial charge is 0.407 e. The van der Waals surface area contributed by atoms with E-state index in [2.05, 4.69) is 36.1 Å². The van der Waals surface area contributed by atoms with E-state index >= 15 is 0 Å². The van der Waals surface area contributed by atoms with Gasteiger partial charge in [-0.2, -0.15) is 5.10 Å². The van der Waals surface area contributed by atoms with Gasteiger partial charge in [0.15, 0.2) is 5.82 Å². The van der Waals surface area contributed by atoms with Gasteiger partial charge in [-0.3, -0.25) is 19.6 Å². The zero-order chi connectivity index (χ0) is 34.3. The molecule has 0 radical (unpaired) electrons. The van der Waals surface area contributed by atoms with E-state index in [0.29, 0.717) is 36.5 Å². The first-order valence-electron chi connectivity index (χ1n) is 16.3. The van der Waals surface area contributed by atoms with Crippen LogP contribution in [0.15, 0.2) is 71.8 Å². The monoisotopic (exact) mass is 653 g/mol. The lowest BCUT2D eigenvalue weighted by atomic mass is 9.81. The van der Waals surface area contributed by atoms with Gasteiger partial charge in [0.05, 0.1) is 0 Å². The fraction of sp³-hybridized carbons (Fsp3) is 0.389. The molecule has 5 N–H and O–H groups in total. The summed E-state index contributed by atoms with van der Waals surface area (Å²) < 4.78 is 5.34. The molecule has 4 aromatic rings. The van der Waals surface area contributed by atoms with E-state index in [1.165, 1.54) is 0 Å². The summed E-state index contributed by atoms with van der Waals surface area (Å²) in [4.78, 5) is 57.7. The Morgan fingerprint density at radius 1 is 1.00 bits per heavy atom. The first-order valence-corrected chi connectivity index (χ1v) is 16.3. The zero-order valence-corrected chi connectivity index (χ0v) is 27.8. The Kier molecular flexibility index (Phi) is 10.7. The van der Waals surface area contributed by atoms with Gasteiger partial charge in [0.2, 0.25) is 11.8 Å². The number of nitrogens with one attached hydrogen (secondary N) is 5. The summed E-state index contributed by atoms with van der Waals surface area (Å²) in [5.41, 5.74) is 4.24. The fourth-order valence-electron chi connectivity index (χ4n) is 5.92. The predicted molar refractivity (Wildman–Crippen MR) is 183 cm³/mol. The molecule has 0 aliphatic heterocycles. The molecule has 12 heteroatoms. The molecule has 2 aromatic heterocycles. The SMILES string of the molecule is Cc1cnccc1-c1cccc(C[C@H](NC(=O)C2CCC(CNC(=O)OC(C)(C)C)CC2)C(=O)Nc2ccc(-c3n[nH]c(=O)[nH]3)cc2)c1. The number of H-pyrrole nitrogens is 2. The molecular formula is C36H43N7O5. The van der Waals surface area contributed by atoms with Gasteiger partial charge in [0, 0.05) is 42.5 Å². The number of aryl methyl sites for hydroxylation is 1. The van der Waals surface area contributed by atoms with Gasteiger partial charge >= 0.3 is 11.8 Å². The van der Waals surface area contributed by atoms with E-state index in [4.69, 9.17) is 4.74 Å². The molecule has 252 valence electrons. The average Bonchev–Trinajstić information content (AvgIpc) is 3.49. The number of aromatic amines is 2. The molecule has 2 heterocycles. The summed E-state index contributed by atoms with van der Waals surface area (Å²) in [6.45, 7) is 7.97.